The molecule has 1 amide bonds. The van der Waals surface area contributed by atoms with Gasteiger partial charge in [0.15, 0.2) is 9.84 Å². The number of halogens is 2. The zero-order valence-electron chi connectivity index (χ0n) is 14.5. The average molecular weight is 488 g/mol. The van der Waals surface area contributed by atoms with Crippen molar-refractivity contribution in [3.63, 3.8) is 0 Å². The van der Waals surface area contributed by atoms with Gasteiger partial charge in [-0.25, -0.2) is 8.42 Å². The van der Waals surface area contributed by atoms with Crippen LogP contribution in [0.4, 0.5) is 5.69 Å². The second-order valence-electron chi connectivity index (χ2n) is 6.54. The summed E-state index contributed by atoms with van der Waals surface area (Å²) in [5, 5.41) is 11.1. The van der Waals surface area contributed by atoms with Crippen molar-refractivity contribution in [1.82, 2.24) is 4.90 Å². The fourth-order valence-corrected chi connectivity index (χ4v) is 5.54. The molecule has 1 fully saturated rings. The molecule has 1 aliphatic heterocycles. The average Bonchev–Trinajstić information content (AvgIpc) is 2.99. The molecule has 0 radical (unpaired) electrons. The summed E-state index contributed by atoms with van der Waals surface area (Å²) in [5.41, 5.74) is 0.542. The molecule has 1 unspecified atom stereocenters. The molecular formula is C18H16BrClN2O5S. The molecule has 0 aromatic heterocycles. The van der Waals surface area contributed by atoms with E-state index in [1.165, 1.54) is 17.0 Å². The summed E-state index contributed by atoms with van der Waals surface area (Å²) in [6.07, 6.45) is 0.331. The van der Waals surface area contributed by atoms with E-state index in [0.29, 0.717) is 6.42 Å². The minimum absolute atomic E-state index is 0.0146. The number of carbonyl (C=O) groups is 1. The van der Waals surface area contributed by atoms with E-state index < -0.39 is 26.7 Å². The number of carbonyl (C=O) groups excluding carboxylic acids is 1. The Bertz CT molecular complexity index is 1040. The Hall–Kier alpha value is -1.97. The minimum atomic E-state index is -3.22. The molecule has 0 N–H and O–H groups in total. The van der Waals surface area contributed by atoms with Crippen LogP contribution in [0.5, 0.6) is 0 Å². The number of sulfone groups is 1. The molecule has 3 rings (SSSR count). The normalized spacial score (nSPS) is 18.0. The lowest BCUT2D eigenvalue weighted by Crippen LogP contribution is -2.40. The van der Waals surface area contributed by atoms with Crippen LogP contribution >= 0.6 is 27.5 Å². The third-order valence-corrected chi connectivity index (χ3v) is 7.10. The Morgan fingerprint density at radius 3 is 2.64 bits per heavy atom. The van der Waals surface area contributed by atoms with Gasteiger partial charge in [0.1, 0.15) is 5.02 Å². The topological polar surface area (TPSA) is 97.6 Å². The van der Waals surface area contributed by atoms with Crippen molar-refractivity contribution in [2.45, 2.75) is 19.0 Å². The summed E-state index contributed by atoms with van der Waals surface area (Å²) in [7, 11) is -3.22. The van der Waals surface area contributed by atoms with Gasteiger partial charge in [0.05, 0.1) is 16.4 Å². The van der Waals surface area contributed by atoms with Crippen LogP contribution < -0.4 is 0 Å². The van der Waals surface area contributed by atoms with Crippen LogP contribution in [-0.2, 0) is 16.4 Å². The standard InChI is InChI=1S/C18H16BrClN2O5S/c19-14-3-1-2-12(8-14)10-21(15-6-7-28(26,27)11-15)18(23)13-4-5-16(20)17(9-13)22(24)25/h1-5,8-9,15H,6-7,10-11H2. The molecule has 10 heteroatoms. The number of hydrogen-bond donors (Lipinski definition) is 0. The van der Waals surface area contributed by atoms with Crippen molar-refractivity contribution in [2.75, 3.05) is 11.5 Å². The van der Waals surface area contributed by atoms with Crippen LogP contribution in [0.15, 0.2) is 46.9 Å². The van der Waals surface area contributed by atoms with Gasteiger partial charge in [-0.05, 0) is 36.2 Å². The smallest absolute Gasteiger partial charge is 0.288 e. The summed E-state index contributed by atoms with van der Waals surface area (Å²) in [5.74, 6) is -0.579. The zero-order valence-corrected chi connectivity index (χ0v) is 17.7. The first-order valence-corrected chi connectivity index (χ1v) is 11.4. The highest BCUT2D eigenvalue weighted by Crippen LogP contribution is 2.28. The van der Waals surface area contributed by atoms with E-state index in [4.69, 9.17) is 11.6 Å². The Morgan fingerprint density at radius 2 is 2.04 bits per heavy atom. The fourth-order valence-electron chi connectivity index (χ4n) is 3.17. The molecule has 1 atom stereocenters. The van der Waals surface area contributed by atoms with E-state index in [2.05, 4.69) is 15.9 Å². The SMILES string of the molecule is O=C(c1ccc(Cl)c([N+](=O)[O-])c1)N(Cc1cccc(Br)c1)C1CCS(=O)(=O)C1. The number of rotatable bonds is 5. The molecule has 148 valence electrons. The Kier molecular flexibility index (Phi) is 6.07. The molecule has 2 aromatic carbocycles. The van der Waals surface area contributed by atoms with Gasteiger partial charge < -0.3 is 4.90 Å². The summed E-state index contributed by atoms with van der Waals surface area (Å²) in [4.78, 5) is 25.1. The number of amides is 1. The van der Waals surface area contributed by atoms with Gasteiger partial charge in [-0.3, -0.25) is 14.9 Å². The lowest BCUT2D eigenvalue weighted by atomic mass is 10.1. The number of nitro groups is 1. The van der Waals surface area contributed by atoms with E-state index in [0.717, 1.165) is 16.1 Å². The van der Waals surface area contributed by atoms with Crippen LogP contribution in [0.2, 0.25) is 5.02 Å². The Morgan fingerprint density at radius 1 is 1.29 bits per heavy atom. The van der Waals surface area contributed by atoms with Gasteiger partial charge in [0, 0.05) is 28.7 Å². The van der Waals surface area contributed by atoms with Gasteiger partial charge in [-0.15, -0.1) is 0 Å². The maximum Gasteiger partial charge on any atom is 0.288 e. The molecule has 1 saturated heterocycles. The second kappa shape index (κ2) is 8.18. The number of hydrogen-bond acceptors (Lipinski definition) is 5. The predicted octanol–water partition coefficient (Wildman–Crippen LogP) is 3.84. The van der Waals surface area contributed by atoms with Crippen molar-refractivity contribution >= 4 is 49.0 Å². The molecule has 0 bridgehead atoms. The summed E-state index contributed by atoms with van der Waals surface area (Å²) in [6, 6.07) is 10.7. The third-order valence-electron chi connectivity index (χ3n) is 4.54. The van der Waals surface area contributed by atoms with Crippen molar-refractivity contribution in [3.8, 4) is 0 Å². The highest BCUT2D eigenvalue weighted by atomic mass is 79.9. The molecule has 0 spiro atoms. The van der Waals surface area contributed by atoms with E-state index in [1.807, 2.05) is 24.3 Å². The Labute approximate surface area is 175 Å². The van der Waals surface area contributed by atoms with Crippen LogP contribution in [0, 0.1) is 10.1 Å². The first kappa shape index (κ1) is 20.8. The van der Waals surface area contributed by atoms with E-state index in [9.17, 15) is 23.3 Å². The summed E-state index contributed by atoms with van der Waals surface area (Å²) in [6.45, 7) is 0.189. The van der Waals surface area contributed by atoms with Crippen LogP contribution in [0.25, 0.3) is 0 Å². The van der Waals surface area contributed by atoms with E-state index >= 15 is 0 Å². The maximum absolute atomic E-state index is 13.2. The van der Waals surface area contributed by atoms with Gasteiger partial charge >= 0.3 is 0 Å². The molecule has 1 aliphatic rings. The molecule has 0 saturated carbocycles. The van der Waals surface area contributed by atoms with Crippen LogP contribution in [-0.4, -0.2) is 41.7 Å². The molecular weight excluding hydrogens is 472 g/mol. The second-order valence-corrected chi connectivity index (χ2v) is 10.1. The van der Waals surface area contributed by atoms with Crippen molar-refractivity contribution < 1.29 is 18.1 Å². The largest absolute Gasteiger partial charge is 0.330 e. The van der Waals surface area contributed by atoms with Gasteiger partial charge in [-0.1, -0.05) is 39.7 Å². The molecule has 2 aromatic rings. The predicted molar refractivity (Wildman–Crippen MR) is 109 cm³/mol. The minimum Gasteiger partial charge on any atom is -0.330 e. The first-order valence-electron chi connectivity index (χ1n) is 8.36. The van der Waals surface area contributed by atoms with E-state index in [1.54, 1.807) is 0 Å². The summed E-state index contributed by atoms with van der Waals surface area (Å²) >= 11 is 9.22. The molecule has 28 heavy (non-hydrogen) atoms. The molecule has 0 aliphatic carbocycles. The van der Waals surface area contributed by atoms with Gasteiger partial charge in [0.25, 0.3) is 11.6 Å². The van der Waals surface area contributed by atoms with Crippen molar-refractivity contribution in [2.24, 2.45) is 0 Å². The van der Waals surface area contributed by atoms with Crippen LogP contribution in [0.1, 0.15) is 22.3 Å². The summed E-state index contributed by atoms with van der Waals surface area (Å²) < 4.78 is 24.7. The number of nitro benzene ring substituents is 1. The maximum atomic E-state index is 13.2. The Balaban J connectivity index is 1.97. The van der Waals surface area contributed by atoms with Crippen molar-refractivity contribution in [3.05, 3.63) is 73.2 Å². The highest BCUT2D eigenvalue weighted by Gasteiger charge is 2.35. The van der Waals surface area contributed by atoms with Crippen molar-refractivity contribution in [1.29, 1.82) is 0 Å². The first-order chi connectivity index (χ1) is 13.2. The lowest BCUT2D eigenvalue weighted by molar-refractivity contribution is -0.384. The highest BCUT2D eigenvalue weighted by molar-refractivity contribution is 9.10. The van der Waals surface area contributed by atoms with Gasteiger partial charge in [-0.2, -0.15) is 0 Å². The van der Waals surface area contributed by atoms with E-state index in [-0.39, 0.29) is 34.3 Å². The zero-order chi connectivity index (χ0) is 20.5. The third kappa shape index (κ3) is 4.71. The number of nitrogens with zero attached hydrogens (tertiary/aromatic N) is 2. The molecule has 7 nitrogen and oxygen atoms in total. The fraction of sp³-hybridized carbons (Fsp3) is 0.278. The monoisotopic (exact) mass is 486 g/mol. The van der Waals surface area contributed by atoms with Gasteiger partial charge in [0.2, 0.25) is 0 Å². The quantitative estimate of drug-likeness (QED) is 0.471. The number of benzene rings is 2. The lowest BCUT2D eigenvalue weighted by Gasteiger charge is -2.28. The molecule has 1 heterocycles. The van der Waals surface area contributed by atoms with Crippen LogP contribution in [0.3, 0.4) is 0 Å².